The standard InChI is InChI=1S/C10H13N3O2/c1-7(12-13-10(14)15-2)8-3-5-9(11)6-4-8/h3-6H,11H2,1-2H3,(H,13,14). The monoisotopic (exact) mass is 207 g/mol. The van der Waals surface area contributed by atoms with Gasteiger partial charge in [0.2, 0.25) is 0 Å². The van der Waals surface area contributed by atoms with Gasteiger partial charge in [-0.3, -0.25) is 0 Å². The van der Waals surface area contributed by atoms with Crippen LogP contribution >= 0.6 is 0 Å². The van der Waals surface area contributed by atoms with E-state index in [0.29, 0.717) is 11.4 Å². The third kappa shape index (κ3) is 3.30. The Morgan fingerprint density at radius 1 is 1.40 bits per heavy atom. The van der Waals surface area contributed by atoms with Crippen LogP contribution in [0.25, 0.3) is 0 Å². The molecule has 0 atom stereocenters. The van der Waals surface area contributed by atoms with E-state index in [-0.39, 0.29) is 0 Å². The number of benzene rings is 1. The van der Waals surface area contributed by atoms with Crippen molar-refractivity contribution in [1.29, 1.82) is 0 Å². The summed E-state index contributed by atoms with van der Waals surface area (Å²) in [7, 11) is 1.28. The number of anilines is 1. The van der Waals surface area contributed by atoms with Gasteiger partial charge in [-0.25, -0.2) is 10.2 Å². The fraction of sp³-hybridized carbons (Fsp3) is 0.200. The van der Waals surface area contributed by atoms with Crippen molar-refractivity contribution in [3.05, 3.63) is 29.8 Å². The third-order valence-electron chi connectivity index (χ3n) is 1.83. The Morgan fingerprint density at radius 2 is 2.00 bits per heavy atom. The predicted octanol–water partition coefficient (Wildman–Crippen LogP) is 1.35. The number of ether oxygens (including phenoxy) is 1. The summed E-state index contributed by atoms with van der Waals surface area (Å²) in [5.74, 6) is 0. The minimum Gasteiger partial charge on any atom is -0.452 e. The van der Waals surface area contributed by atoms with Crippen molar-refractivity contribution >= 4 is 17.5 Å². The molecule has 0 aliphatic heterocycles. The minimum absolute atomic E-state index is 0.593. The van der Waals surface area contributed by atoms with Gasteiger partial charge in [0.15, 0.2) is 0 Å². The Hall–Kier alpha value is -2.04. The molecule has 0 bridgehead atoms. The summed E-state index contributed by atoms with van der Waals surface area (Å²) < 4.78 is 4.38. The molecule has 0 radical (unpaired) electrons. The van der Waals surface area contributed by atoms with Gasteiger partial charge < -0.3 is 10.5 Å². The summed E-state index contributed by atoms with van der Waals surface area (Å²) in [5, 5.41) is 3.85. The molecule has 80 valence electrons. The average molecular weight is 207 g/mol. The Bertz CT molecular complexity index is 371. The van der Waals surface area contributed by atoms with Crippen LogP contribution < -0.4 is 11.2 Å². The van der Waals surface area contributed by atoms with E-state index in [2.05, 4.69) is 15.3 Å². The number of hydrazone groups is 1. The Labute approximate surface area is 87.9 Å². The zero-order chi connectivity index (χ0) is 11.3. The average Bonchev–Trinajstić information content (AvgIpc) is 2.26. The molecule has 3 N–H and O–H groups in total. The molecular formula is C10H13N3O2. The van der Waals surface area contributed by atoms with E-state index in [1.807, 2.05) is 12.1 Å². The Kier molecular flexibility index (Phi) is 3.68. The van der Waals surface area contributed by atoms with E-state index in [1.54, 1.807) is 19.1 Å². The number of hydrogen-bond donors (Lipinski definition) is 2. The van der Waals surface area contributed by atoms with Crippen molar-refractivity contribution < 1.29 is 9.53 Å². The molecule has 15 heavy (non-hydrogen) atoms. The fourth-order valence-corrected chi connectivity index (χ4v) is 0.964. The third-order valence-corrected chi connectivity index (χ3v) is 1.83. The zero-order valence-electron chi connectivity index (χ0n) is 8.65. The van der Waals surface area contributed by atoms with Crippen LogP contribution in [0.1, 0.15) is 12.5 Å². The maximum Gasteiger partial charge on any atom is 0.427 e. The smallest absolute Gasteiger partial charge is 0.427 e. The quantitative estimate of drug-likeness (QED) is 0.436. The fourth-order valence-electron chi connectivity index (χ4n) is 0.964. The number of amides is 1. The molecule has 0 aliphatic rings. The number of carbonyl (C=O) groups is 1. The van der Waals surface area contributed by atoms with Crippen molar-refractivity contribution in [2.75, 3.05) is 12.8 Å². The van der Waals surface area contributed by atoms with Crippen molar-refractivity contribution in [2.45, 2.75) is 6.92 Å². The second kappa shape index (κ2) is 4.99. The molecule has 0 aromatic heterocycles. The summed E-state index contributed by atoms with van der Waals surface area (Å²) in [6.07, 6.45) is -0.593. The predicted molar refractivity (Wildman–Crippen MR) is 58.6 cm³/mol. The lowest BCUT2D eigenvalue weighted by Crippen LogP contribution is -2.18. The first-order valence-electron chi connectivity index (χ1n) is 4.37. The van der Waals surface area contributed by atoms with Gasteiger partial charge in [0.25, 0.3) is 0 Å². The SMILES string of the molecule is COC(=O)NN=C(C)c1ccc(N)cc1. The van der Waals surface area contributed by atoms with Gasteiger partial charge in [-0.2, -0.15) is 5.10 Å². The molecule has 1 aromatic carbocycles. The van der Waals surface area contributed by atoms with E-state index in [0.717, 1.165) is 5.56 Å². The number of nitrogens with two attached hydrogens (primary N) is 1. The normalized spacial score (nSPS) is 10.9. The van der Waals surface area contributed by atoms with Crippen LogP contribution in [0.3, 0.4) is 0 Å². The minimum atomic E-state index is -0.593. The van der Waals surface area contributed by atoms with E-state index in [4.69, 9.17) is 5.73 Å². The molecule has 1 amide bonds. The summed E-state index contributed by atoms with van der Waals surface area (Å²) in [6.45, 7) is 1.78. The molecule has 0 unspecified atom stereocenters. The van der Waals surface area contributed by atoms with Gasteiger partial charge in [0.05, 0.1) is 12.8 Å². The van der Waals surface area contributed by atoms with Gasteiger partial charge >= 0.3 is 6.09 Å². The zero-order valence-corrected chi connectivity index (χ0v) is 8.65. The largest absolute Gasteiger partial charge is 0.452 e. The van der Waals surface area contributed by atoms with Gasteiger partial charge in [-0.05, 0) is 24.6 Å². The lowest BCUT2D eigenvalue weighted by Gasteiger charge is -2.02. The summed E-state index contributed by atoms with van der Waals surface area (Å²) in [6, 6.07) is 7.19. The van der Waals surface area contributed by atoms with Crippen LogP contribution in [-0.4, -0.2) is 18.9 Å². The van der Waals surface area contributed by atoms with Gasteiger partial charge in [0, 0.05) is 5.69 Å². The number of nitrogen functional groups attached to an aromatic ring is 1. The molecule has 0 saturated carbocycles. The molecule has 5 nitrogen and oxygen atoms in total. The highest BCUT2D eigenvalue weighted by Crippen LogP contribution is 2.06. The number of carbonyl (C=O) groups excluding carboxylic acids is 1. The summed E-state index contributed by atoms with van der Waals surface area (Å²) in [5.41, 5.74) is 10.0. The van der Waals surface area contributed by atoms with Crippen LogP contribution in [0.15, 0.2) is 29.4 Å². The second-order valence-corrected chi connectivity index (χ2v) is 2.92. The van der Waals surface area contributed by atoms with Crippen LogP contribution in [0.5, 0.6) is 0 Å². The molecule has 0 heterocycles. The van der Waals surface area contributed by atoms with E-state index < -0.39 is 6.09 Å². The number of hydrogen-bond acceptors (Lipinski definition) is 4. The van der Waals surface area contributed by atoms with E-state index >= 15 is 0 Å². The molecule has 0 fully saturated rings. The van der Waals surface area contributed by atoms with Crippen LogP contribution in [0.4, 0.5) is 10.5 Å². The van der Waals surface area contributed by atoms with Crippen molar-refractivity contribution in [1.82, 2.24) is 5.43 Å². The lowest BCUT2D eigenvalue weighted by molar-refractivity contribution is 0.171. The number of methoxy groups -OCH3 is 1. The van der Waals surface area contributed by atoms with E-state index in [1.165, 1.54) is 7.11 Å². The van der Waals surface area contributed by atoms with Gasteiger partial charge in [-0.15, -0.1) is 0 Å². The van der Waals surface area contributed by atoms with Gasteiger partial charge in [-0.1, -0.05) is 12.1 Å². The molecule has 0 spiro atoms. The van der Waals surface area contributed by atoms with Gasteiger partial charge in [0.1, 0.15) is 0 Å². The Morgan fingerprint density at radius 3 is 2.53 bits per heavy atom. The first kappa shape index (κ1) is 11.0. The van der Waals surface area contributed by atoms with Crippen molar-refractivity contribution in [3.63, 3.8) is 0 Å². The Balaban J connectivity index is 2.71. The molecular weight excluding hydrogens is 194 g/mol. The summed E-state index contributed by atoms with van der Waals surface area (Å²) >= 11 is 0. The summed E-state index contributed by atoms with van der Waals surface area (Å²) in [4.78, 5) is 10.7. The lowest BCUT2D eigenvalue weighted by atomic mass is 10.1. The maximum atomic E-state index is 10.7. The van der Waals surface area contributed by atoms with Crippen LogP contribution in [0.2, 0.25) is 0 Å². The molecule has 5 heteroatoms. The van der Waals surface area contributed by atoms with Crippen LogP contribution in [0, 0.1) is 0 Å². The highest BCUT2D eigenvalue weighted by atomic mass is 16.5. The molecule has 0 aliphatic carbocycles. The molecule has 1 aromatic rings. The van der Waals surface area contributed by atoms with Crippen molar-refractivity contribution in [2.24, 2.45) is 5.10 Å². The van der Waals surface area contributed by atoms with E-state index in [9.17, 15) is 4.79 Å². The molecule has 1 rings (SSSR count). The number of nitrogens with zero attached hydrogens (tertiary/aromatic N) is 1. The first-order chi connectivity index (χ1) is 7.13. The first-order valence-corrected chi connectivity index (χ1v) is 4.37. The number of rotatable bonds is 2. The topological polar surface area (TPSA) is 76.7 Å². The van der Waals surface area contributed by atoms with Crippen LogP contribution in [-0.2, 0) is 4.74 Å². The molecule has 0 saturated heterocycles. The highest BCUT2D eigenvalue weighted by molar-refractivity contribution is 5.99. The maximum absolute atomic E-state index is 10.7. The highest BCUT2D eigenvalue weighted by Gasteiger charge is 1.99. The van der Waals surface area contributed by atoms with Crippen molar-refractivity contribution in [3.8, 4) is 0 Å². The second-order valence-electron chi connectivity index (χ2n) is 2.92. The number of nitrogens with one attached hydrogen (secondary N) is 1.